The van der Waals surface area contributed by atoms with Gasteiger partial charge in [0.25, 0.3) is 0 Å². The van der Waals surface area contributed by atoms with Crippen molar-refractivity contribution < 1.29 is 4.79 Å². The number of carbonyl (C=O) groups excluding carboxylic acids is 1. The van der Waals surface area contributed by atoms with Crippen molar-refractivity contribution in [1.82, 2.24) is 10.2 Å². The van der Waals surface area contributed by atoms with Gasteiger partial charge in [-0.05, 0) is 39.3 Å². The standard InChI is InChI=1S/C12H25N3O/c1-10(4-3-7-13)12(16)14-8-9-15(2)11-5-6-11/h10-11H,3-9,13H2,1-2H3,(H,14,16). The van der Waals surface area contributed by atoms with Crippen molar-refractivity contribution in [2.45, 2.75) is 38.6 Å². The largest absolute Gasteiger partial charge is 0.355 e. The zero-order valence-electron chi connectivity index (χ0n) is 10.5. The second-order valence-corrected chi connectivity index (χ2v) is 4.83. The Kier molecular flexibility index (Phi) is 5.77. The highest BCUT2D eigenvalue weighted by Gasteiger charge is 2.25. The van der Waals surface area contributed by atoms with Crippen LogP contribution in [-0.4, -0.2) is 43.5 Å². The van der Waals surface area contributed by atoms with Gasteiger partial charge in [-0.2, -0.15) is 0 Å². The first kappa shape index (κ1) is 13.5. The molecule has 1 unspecified atom stereocenters. The van der Waals surface area contributed by atoms with E-state index >= 15 is 0 Å². The lowest BCUT2D eigenvalue weighted by atomic mass is 10.1. The van der Waals surface area contributed by atoms with Crippen LogP contribution in [0.2, 0.25) is 0 Å². The summed E-state index contributed by atoms with van der Waals surface area (Å²) in [6, 6.07) is 0.770. The summed E-state index contributed by atoms with van der Waals surface area (Å²) >= 11 is 0. The summed E-state index contributed by atoms with van der Waals surface area (Å²) in [7, 11) is 2.13. The zero-order chi connectivity index (χ0) is 12.0. The van der Waals surface area contributed by atoms with Crippen LogP contribution in [0.5, 0.6) is 0 Å². The van der Waals surface area contributed by atoms with Crippen LogP contribution in [-0.2, 0) is 4.79 Å². The van der Waals surface area contributed by atoms with Crippen LogP contribution in [0, 0.1) is 5.92 Å². The monoisotopic (exact) mass is 227 g/mol. The van der Waals surface area contributed by atoms with E-state index in [1.165, 1.54) is 12.8 Å². The maximum absolute atomic E-state index is 11.6. The maximum atomic E-state index is 11.6. The minimum absolute atomic E-state index is 0.0924. The summed E-state index contributed by atoms with van der Waals surface area (Å²) < 4.78 is 0. The molecule has 0 aliphatic heterocycles. The molecule has 0 aromatic heterocycles. The molecule has 0 saturated heterocycles. The lowest BCUT2D eigenvalue weighted by Crippen LogP contribution is -2.36. The summed E-state index contributed by atoms with van der Waals surface area (Å²) in [6.45, 7) is 4.36. The van der Waals surface area contributed by atoms with Gasteiger partial charge < -0.3 is 16.0 Å². The Balaban J connectivity index is 2.04. The van der Waals surface area contributed by atoms with Crippen LogP contribution in [0.3, 0.4) is 0 Å². The average Bonchev–Trinajstić information content (AvgIpc) is 3.09. The van der Waals surface area contributed by atoms with Crippen molar-refractivity contribution in [2.24, 2.45) is 11.7 Å². The van der Waals surface area contributed by atoms with Crippen molar-refractivity contribution >= 4 is 5.91 Å². The predicted octanol–water partition coefficient (Wildman–Crippen LogP) is 0.572. The van der Waals surface area contributed by atoms with Gasteiger partial charge in [-0.1, -0.05) is 6.92 Å². The lowest BCUT2D eigenvalue weighted by molar-refractivity contribution is -0.124. The highest BCUT2D eigenvalue weighted by atomic mass is 16.1. The molecule has 94 valence electrons. The van der Waals surface area contributed by atoms with Crippen LogP contribution in [0.1, 0.15) is 32.6 Å². The molecule has 1 aliphatic rings. The van der Waals surface area contributed by atoms with Gasteiger partial charge in [0.1, 0.15) is 0 Å². The Labute approximate surface area is 98.6 Å². The highest BCUT2D eigenvalue weighted by Crippen LogP contribution is 2.24. The second-order valence-electron chi connectivity index (χ2n) is 4.83. The van der Waals surface area contributed by atoms with Crippen molar-refractivity contribution in [3.63, 3.8) is 0 Å². The molecule has 1 atom stereocenters. The Morgan fingerprint density at radius 3 is 2.81 bits per heavy atom. The fraction of sp³-hybridized carbons (Fsp3) is 0.917. The first-order valence-electron chi connectivity index (χ1n) is 6.33. The molecule has 1 saturated carbocycles. The molecule has 0 aromatic rings. The molecule has 0 bridgehead atoms. The SMILES string of the molecule is CC(CCCN)C(=O)NCCN(C)C1CC1. The smallest absolute Gasteiger partial charge is 0.222 e. The number of nitrogens with two attached hydrogens (primary N) is 1. The molecule has 1 rings (SSSR count). The summed E-state index contributed by atoms with van der Waals surface area (Å²) in [5.41, 5.74) is 5.42. The first-order chi connectivity index (χ1) is 7.65. The molecule has 1 aliphatic carbocycles. The van der Waals surface area contributed by atoms with Gasteiger partial charge >= 0.3 is 0 Å². The van der Waals surface area contributed by atoms with E-state index in [1.807, 2.05) is 6.92 Å². The molecular weight excluding hydrogens is 202 g/mol. The van der Waals surface area contributed by atoms with Crippen molar-refractivity contribution in [1.29, 1.82) is 0 Å². The molecule has 3 N–H and O–H groups in total. The van der Waals surface area contributed by atoms with Gasteiger partial charge in [-0.15, -0.1) is 0 Å². The van der Waals surface area contributed by atoms with Crippen LogP contribution >= 0.6 is 0 Å². The molecular formula is C12H25N3O. The molecule has 4 heteroatoms. The Hall–Kier alpha value is -0.610. The fourth-order valence-corrected chi connectivity index (χ4v) is 1.78. The summed E-state index contributed by atoms with van der Waals surface area (Å²) in [5.74, 6) is 0.257. The third kappa shape index (κ3) is 4.94. The minimum Gasteiger partial charge on any atom is -0.355 e. The van der Waals surface area contributed by atoms with E-state index in [0.29, 0.717) is 6.54 Å². The van der Waals surface area contributed by atoms with E-state index in [2.05, 4.69) is 17.3 Å². The Morgan fingerprint density at radius 2 is 2.25 bits per heavy atom. The molecule has 0 radical (unpaired) electrons. The van der Waals surface area contributed by atoms with Gasteiger partial charge in [0.2, 0.25) is 5.91 Å². The molecule has 1 fully saturated rings. The van der Waals surface area contributed by atoms with E-state index in [-0.39, 0.29) is 11.8 Å². The highest BCUT2D eigenvalue weighted by molar-refractivity contribution is 5.78. The molecule has 0 heterocycles. The van der Waals surface area contributed by atoms with Gasteiger partial charge in [-0.3, -0.25) is 4.79 Å². The van der Waals surface area contributed by atoms with Crippen molar-refractivity contribution in [3.8, 4) is 0 Å². The third-order valence-corrected chi connectivity index (χ3v) is 3.22. The number of rotatable bonds is 8. The fourth-order valence-electron chi connectivity index (χ4n) is 1.78. The number of amides is 1. The number of carbonyl (C=O) groups is 1. The van der Waals surface area contributed by atoms with Crippen LogP contribution in [0.4, 0.5) is 0 Å². The van der Waals surface area contributed by atoms with E-state index < -0.39 is 0 Å². The van der Waals surface area contributed by atoms with E-state index in [0.717, 1.165) is 32.0 Å². The van der Waals surface area contributed by atoms with E-state index in [1.54, 1.807) is 0 Å². The number of hydrogen-bond acceptors (Lipinski definition) is 3. The first-order valence-corrected chi connectivity index (χ1v) is 6.33. The zero-order valence-corrected chi connectivity index (χ0v) is 10.5. The second kappa shape index (κ2) is 6.86. The summed E-state index contributed by atoms with van der Waals surface area (Å²) in [6.07, 6.45) is 4.45. The molecule has 0 spiro atoms. The van der Waals surface area contributed by atoms with Gasteiger partial charge in [-0.25, -0.2) is 0 Å². The summed E-state index contributed by atoms with van der Waals surface area (Å²) in [4.78, 5) is 14.0. The molecule has 16 heavy (non-hydrogen) atoms. The van der Waals surface area contributed by atoms with Crippen molar-refractivity contribution in [3.05, 3.63) is 0 Å². The molecule has 4 nitrogen and oxygen atoms in total. The topological polar surface area (TPSA) is 58.4 Å². The lowest BCUT2D eigenvalue weighted by Gasteiger charge is -2.17. The van der Waals surface area contributed by atoms with Crippen molar-refractivity contribution in [2.75, 3.05) is 26.7 Å². The van der Waals surface area contributed by atoms with Gasteiger partial charge in [0.15, 0.2) is 0 Å². The number of likely N-dealkylation sites (N-methyl/N-ethyl adjacent to an activating group) is 1. The molecule has 1 amide bonds. The Morgan fingerprint density at radius 1 is 1.56 bits per heavy atom. The van der Waals surface area contributed by atoms with E-state index in [4.69, 9.17) is 5.73 Å². The van der Waals surface area contributed by atoms with Gasteiger partial charge in [0, 0.05) is 25.0 Å². The minimum atomic E-state index is 0.0924. The van der Waals surface area contributed by atoms with Crippen LogP contribution in [0.15, 0.2) is 0 Å². The number of nitrogens with one attached hydrogen (secondary N) is 1. The number of hydrogen-bond donors (Lipinski definition) is 2. The average molecular weight is 227 g/mol. The van der Waals surface area contributed by atoms with Crippen LogP contribution < -0.4 is 11.1 Å². The van der Waals surface area contributed by atoms with Crippen LogP contribution in [0.25, 0.3) is 0 Å². The number of nitrogens with zero attached hydrogens (tertiary/aromatic N) is 1. The van der Waals surface area contributed by atoms with Gasteiger partial charge in [0.05, 0.1) is 0 Å². The molecule has 0 aromatic carbocycles. The van der Waals surface area contributed by atoms with E-state index in [9.17, 15) is 4.79 Å². The predicted molar refractivity (Wildman–Crippen MR) is 66.1 cm³/mol. The Bertz CT molecular complexity index is 216. The maximum Gasteiger partial charge on any atom is 0.222 e. The quantitative estimate of drug-likeness (QED) is 0.637. The third-order valence-electron chi connectivity index (χ3n) is 3.22. The summed E-state index contributed by atoms with van der Waals surface area (Å²) in [5, 5.41) is 2.98. The normalized spacial score (nSPS) is 17.5.